The lowest BCUT2D eigenvalue weighted by atomic mass is 9.13. The van der Waals surface area contributed by atoms with Crippen molar-refractivity contribution in [1.29, 1.82) is 0 Å². The summed E-state index contributed by atoms with van der Waals surface area (Å²) in [4.78, 5) is 0. The lowest BCUT2D eigenvalue weighted by Crippen LogP contribution is -2.74. The van der Waals surface area contributed by atoms with Gasteiger partial charge in [-0.25, -0.2) is 9.13 Å². The summed E-state index contributed by atoms with van der Waals surface area (Å²) in [6.07, 6.45) is 41.2. The van der Waals surface area contributed by atoms with E-state index in [1.165, 1.54) is 226 Å². The summed E-state index contributed by atoms with van der Waals surface area (Å²) in [5.41, 5.74) is 8.20. The Morgan fingerprint density at radius 2 is 0.606 bits per heavy atom. The van der Waals surface area contributed by atoms with Crippen molar-refractivity contribution in [2.24, 2.45) is 0 Å². The van der Waals surface area contributed by atoms with Gasteiger partial charge in [0.1, 0.15) is 6.15 Å². The summed E-state index contributed by atoms with van der Waals surface area (Å²) in [5.74, 6) is 0. The molecule has 0 radical (unpaired) electrons. The molecule has 2 nitrogen and oxygen atoms in total. The van der Waals surface area contributed by atoms with Crippen molar-refractivity contribution in [3.63, 3.8) is 0 Å². The van der Waals surface area contributed by atoms with Crippen LogP contribution < -0.4 is 26.4 Å². The van der Waals surface area contributed by atoms with Crippen molar-refractivity contribution in [1.82, 2.24) is 4.57 Å². The van der Waals surface area contributed by atoms with E-state index in [-0.39, 0.29) is 0 Å². The van der Waals surface area contributed by atoms with Crippen LogP contribution in [-0.4, -0.2) is 10.7 Å². The summed E-state index contributed by atoms with van der Waals surface area (Å²) in [6, 6.07) is 52.6. The first-order chi connectivity index (χ1) is 32.8. The van der Waals surface area contributed by atoms with Crippen molar-refractivity contribution in [3.8, 4) is 0 Å². The first kappa shape index (κ1) is 52.6. The molecule has 0 amide bonds. The van der Waals surface area contributed by atoms with Gasteiger partial charge in [0.15, 0.2) is 11.0 Å². The maximum absolute atomic E-state index is 2.53. The number of unbranched alkanes of at least 4 members (excludes halogenated alkanes) is 26. The number of hydrogen-bond donors (Lipinski definition) is 0. The minimum atomic E-state index is -1.22. The van der Waals surface area contributed by atoms with Crippen LogP contribution in [0.2, 0.25) is 0 Å². The third-order valence-electron chi connectivity index (χ3n) is 14.5. The Balaban J connectivity index is 0.000000276. The summed E-state index contributed by atoms with van der Waals surface area (Å²) >= 11 is 0. The van der Waals surface area contributed by atoms with Crippen LogP contribution in [0.1, 0.15) is 194 Å². The van der Waals surface area contributed by atoms with Crippen LogP contribution in [0.15, 0.2) is 152 Å². The molecule has 0 aliphatic rings. The van der Waals surface area contributed by atoms with Crippen molar-refractivity contribution in [2.45, 2.75) is 207 Å². The van der Waals surface area contributed by atoms with E-state index in [1.807, 2.05) is 0 Å². The minimum absolute atomic E-state index is 1.17. The zero-order valence-electron chi connectivity index (χ0n) is 42.1. The predicted octanol–water partition coefficient (Wildman–Crippen LogP) is 16.0. The molecule has 0 saturated carbocycles. The van der Waals surface area contributed by atoms with E-state index in [9.17, 15) is 0 Å². The molecule has 5 aromatic carbocycles. The van der Waals surface area contributed by atoms with Crippen LogP contribution in [0.25, 0.3) is 11.0 Å². The smallest absolute Gasteiger partial charge is 0.230 e. The van der Waals surface area contributed by atoms with Gasteiger partial charge < -0.3 is 0 Å². The monoisotopic (exact) mass is 887 g/mol. The van der Waals surface area contributed by atoms with E-state index < -0.39 is 6.15 Å². The number of aromatic nitrogens is 2. The van der Waals surface area contributed by atoms with Crippen LogP contribution in [0, 0.1) is 0 Å². The molecule has 0 unspecified atom stereocenters. The molecule has 66 heavy (non-hydrogen) atoms. The van der Waals surface area contributed by atoms with Gasteiger partial charge in [-0.3, -0.25) is 0 Å². The van der Waals surface area contributed by atoms with Crippen molar-refractivity contribution >= 4 is 39.0 Å². The molecular weight excluding hydrogens is 796 g/mol. The number of hydrogen-bond acceptors (Lipinski definition) is 0. The van der Waals surface area contributed by atoms with Crippen LogP contribution >= 0.6 is 0 Å². The fraction of sp³-hybridized carbons (Fsp3) is 0.508. The van der Waals surface area contributed by atoms with Gasteiger partial charge in [0.25, 0.3) is 0 Å². The Morgan fingerprint density at radius 1 is 0.318 bits per heavy atom. The predicted molar refractivity (Wildman–Crippen MR) is 293 cm³/mol. The number of imidazole rings is 1. The molecule has 1 aromatic heterocycles. The fourth-order valence-electron chi connectivity index (χ4n) is 10.7. The molecule has 0 aliphatic carbocycles. The third kappa shape index (κ3) is 18.0. The molecule has 0 fully saturated rings. The number of aryl methyl sites for hydroxylation is 2. The summed E-state index contributed by atoms with van der Waals surface area (Å²) in [5, 5.41) is 0. The Morgan fingerprint density at radius 3 is 0.955 bits per heavy atom. The average molecular weight is 887 g/mol. The topological polar surface area (TPSA) is 8.81 Å². The molecule has 3 heteroatoms. The summed E-state index contributed by atoms with van der Waals surface area (Å²) < 4.78 is 5.05. The fourth-order valence-corrected chi connectivity index (χ4v) is 10.7. The second-order valence-corrected chi connectivity index (χ2v) is 19.7. The first-order valence-electron chi connectivity index (χ1n) is 27.6. The molecule has 6 rings (SSSR count). The maximum atomic E-state index is 2.53. The highest BCUT2D eigenvalue weighted by Crippen LogP contribution is 2.17. The van der Waals surface area contributed by atoms with Gasteiger partial charge in [-0.05, 0) is 37.8 Å². The standard InChI is InChI=1S/C39H71N2.C24H20B/c1-3-5-7-9-11-13-15-17-19-21-23-25-27-31-35-40-37-41(39-34-30-29-33-38(39)40)36-32-28-26-24-22-20-18-16-14-12-10-8-6-4-2;1-5-13-21(14-6-1)25(22-15-7-2-8-16-22,23-17-9-3-10-18-23)24-19-11-4-12-20-24/h29-30,33-34,37H,3-28,31-32,35-36H2,1-2H3;1-20H/q+1;-1. The number of fused-ring (bicyclic) bond motifs is 1. The van der Waals surface area contributed by atoms with E-state index >= 15 is 0 Å². The second-order valence-electron chi connectivity index (χ2n) is 19.7. The van der Waals surface area contributed by atoms with E-state index in [0.29, 0.717) is 0 Å². The van der Waals surface area contributed by atoms with E-state index in [4.69, 9.17) is 0 Å². The lowest BCUT2D eigenvalue weighted by molar-refractivity contribution is -0.672. The molecule has 356 valence electrons. The van der Waals surface area contributed by atoms with Crippen molar-refractivity contribution < 1.29 is 4.57 Å². The second kappa shape index (κ2) is 33.2. The van der Waals surface area contributed by atoms with Crippen molar-refractivity contribution in [3.05, 3.63) is 152 Å². The Kier molecular flexibility index (Phi) is 26.4. The summed E-state index contributed by atoms with van der Waals surface area (Å²) in [6.45, 7) is 6.95. The summed E-state index contributed by atoms with van der Waals surface area (Å²) in [7, 11) is 0. The molecule has 0 N–H and O–H groups in total. The Hall–Kier alpha value is -4.37. The number of rotatable bonds is 34. The zero-order chi connectivity index (χ0) is 46.0. The average Bonchev–Trinajstić information content (AvgIpc) is 3.73. The quantitative estimate of drug-likeness (QED) is 0.0217. The largest absolute Gasteiger partial charge is 0.244 e. The van der Waals surface area contributed by atoms with Gasteiger partial charge in [0, 0.05) is 0 Å². The minimum Gasteiger partial charge on any atom is -0.230 e. The van der Waals surface area contributed by atoms with E-state index in [0.717, 1.165) is 0 Å². The first-order valence-corrected chi connectivity index (χ1v) is 27.6. The molecule has 0 atom stereocenters. The molecule has 0 bridgehead atoms. The number of nitrogens with zero attached hydrogens (tertiary/aromatic N) is 2. The maximum Gasteiger partial charge on any atom is 0.244 e. The SMILES string of the molecule is CCCCCCCCCCCCCCCCn1c[n+](CCCCCCCCCCCCCCCC)c2ccccc21.c1ccc([B-](c2ccccc2)(c2ccccc2)c2ccccc2)cc1. The van der Waals surface area contributed by atoms with Gasteiger partial charge in [0.05, 0.1) is 13.1 Å². The molecule has 0 saturated heterocycles. The highest BCUT2D eigenvalue weighted by atomic mass is 15.1. The highest BCUT2D eigenvalue weighted by molar-refractivity contribution is 7.19. The Labute approximate surface area is 405 Å². The van der Waals surface area contributed by atoms with Crippen LogP contribution in [-0.2, 0) is 13.1 Å². The molecule has 6 aromatic rings. The lowest BCUT2D eigenvalue weighted by Gasteiger charge is -2.44. The van der Waals surface area contributed by atoms with Gasteiger partial charge in [-0.2, -0.15) is 21.9 Å². The highest BCUT2D eigenvalue weighted by Gasteiger charge is 2.31. The van der Waals surface area contributed by atoms with Crippen LogP contribution in [0.4, 0.5) is 0 Å². The van der Waals surface area contributed by atoms with Crippen molar-refractivity contribution in [2.75, 3.05) is 0 Å². The molecular formula is C63H91BN2. The number of benzene rings is 5. The molecule has 0 spiro atoms. The third-order valence-corrected chi connectivity index (χ3v) is 14.5. The Bertz CT molecular complexity index is 1810. The van der Waals surface area contributed by atoms with E-state index in [2.05, 4.69) is 175 Å². The number of para-hydroxylation sites is 2. The molecule has 0 aliphatic heterocycles. The molecule has 1 heterocycles. The van der Waals surface area contributed by atoms with Gasteiger partial charge in [-0.15, -0.1) is 0 Å². The van der Waals surface area contributed by atoms with Gasteiger partial charge in [-0.1, -0.05) is 301 Å². The van der Waals surface area contributed by atoms with Crippen LogP contribution in [0.5, 0.6) is 0 Å². The zero-order valence-corrected chi connectivity index (χ0v) is 42.1. The normalized spacial score (nSPS) is 11.5. The van der Waals surface area contributed by atoms with E-state index in [1.54, 1.807) is 0 Å². The van der Waals surface area contributed by atoms with Gasteiger partial charge in [0.2, 0.25) is 6.33 Å². The van der Waals surface area contributed by atoms with Gasteiger partial charge >= 0.3 is 0 Å². The van der Waals surface area contributed by atoms with Crippen LogP contribution in [0.3, 0.4) is 0 Å².